The molecule has 0 saturated carbocycles. The Balaban J connectivity index is 1.83. The Hall–Kier alpha value is -2.98. The van der Waals surface area contributed by atoms with Gasteiger partial charge in [-0.05, 0) is 36.4 Å². The number of amides is 1. The average molecular weight is 449 g/mol. The second-order valence-electron chi connectivity index (χ2n) is 6.26. The van der Waals surface area contributed by atoms with E-state index in [0.29, 0.717) is 10.6 Å². The van der Waals surface area contributed by atoms with E-state index in [1.165, 1.54) is 37.7 Å². The van der Waals surface area contributed by atoms with Gasteiger partial charge in [0.25, 0.3) is 0 Å². The van der Waals surface area contributed by atoms with Crippen molar-refractivity contribution in [3.8, 4) is 5.75 Å². The summed E-state index contributed by atoms with van der Waals surface area (Å²) in [5.41, 5.74) is 0.741. The van der Waals surface area contributed by atoms with E-state index in [1.807, 2.05) is 24.3 Å². The molecule has 0 aliphatic heterocycles. The van der Waals surface area contributed by atoms with Crippen LogP contribution >= 0.6 is 11.3 Å². The molecule has 0 aliphatic rings. The van der Waals surface area contributed by atoms with Crippen LogP contribution in [0.3, 0.4) is 0 Å². The molecule has 1 heterocycles. The molecule has 3 aromatic rings. The number of carbonyl (C=O) groups is 2. The lowest BCUT2D eigenvalue weighted by atomic mass is 10.3. The number of ether oxygens (including phenoxy) is 2. The number of aromatic nitrogens is 1. The van der Waals surface area contributed by atoms with Gasteiger partial charge in [0.1, 0.15) is 12.3 Å². The molecular weight excluding hydrogens is 428 g/mol. The standard InChI is InChI=1S/C20H20N2O6S2/c1-27-14-7-9-15(10-8-14)30(25,26)12-11-18(23)21-20-22(13-19(24)28-2)16-5-3-4-6-17(16)29-20/h3-10H,11-13H2,1-2H3. The quantitative estimate of drug-likeness (QED) is 0.513. The third kappa shape index (κ3) is 4.95. The molecule has 0 bridgehead atoms. The van der Waals surface area contributed by atoms with Crippen LogP contribution in [0.5, 0.6) is 5.75 Å². The summed E-state index contributed by atoms with van der Waals surface area (Å²) in [6.45, 7) is -0.100. The molecule has 0 spiro atoms. The molecule has 2 aromatic carbocycles. The zero-order valence-corrected chi connectivity index (χ0v) is 18.0. The Morgan fingerprint density at radius 3 is 2.43 bits per heavy atom. The van der Waals surface area contributed by atoms with E-state index < -0.39 is 21.7 Å². The van der Waals surface area contributed by atoms with Crippen molar-refractivity contribution in [2.24, 2.45) is 4.99 Å². The van der Waals surface area contributed by atoms with E-state index in [2.05, 4.69) is 4.99 Å². The monoisotopic (exact) mass is 448 g/mol. The lowest BCUT2D eigenvalue weighted by Gasteiger charge is -2.05. The zero-order chi connectivity index (χ0) is 21.7. The molecule has 0 radical (unpaired) electrons. The highest BCUT2D eigenvalue weighted by Gasteiger charge is 2.17. The zero-order valence-electron chi connectivity index (χ0n) is 16.4. The van der Waals surface area contributed by atoms with E-state index in [1.54, 1.807) is 16.7 Å². The fourth-order valence-electron chi connectivity index (χ4n) is 2.74. The summed E-state index contributed by atoms with van der Waals surface area (Å²) in [5, 5.41) is 0. The van der Waals surface area contributed by atoms with Crippen molar-refractivity contribution >= 4 is 43.3 Å². The SMILES string of the molecule is COC(=O)Cn1c(=NC(=O)CCS(=O)(=O)c2ccc(OC)cc2)sc2ccccc21. The smallest absolute Gasteiger partial charge is 0.325 e. The number of thiazole rings is 1. The summed E-state index contributed by atoms with van der Waals surface area (Å²) in [4.78, 5) is 28.6. The summed E-state index contributed by atoms with van der Waals surface area (Å²) in [6.07, 6.45) is -0.277. The topological polar surface area (TPSA) is 104 Å². The molecule has 0 atom stereocenters. The van der Waals surface area contributed by atoms with E-state index in [4.69, 9.17) is 9.47 Å². The van der Waals surface area contributed by atoms with Crippen LogP contribution in [0.2, 0.25) is 0 Å². The van der Waals surface area contributed by atoms with Gasteiger partial charge in [-0.3, -0.25) is 9.59 Å². The van der Waals surface area contributed by atoms with Gasteiger partial charge in [0, 0.05) is 6.42 Å². The second kappa shape index (κ2) is 9.23. The normalized spacial score (nSPS) is 12.1. The van der Waals surface area contributed by atoms with Crippen LogP contribution in [0.25, 0.3) is 10.2 Å². The first-order valence-electron chi connectivity index (χ1n) is 8.93. The molecule has 1 aromatic heterocycles. The van der Waals surface area contributed by atoms with Crippen molar-refractivity contribution < 1.29 is 27.5 Å². The average Bonchev–Trinajstić information content (AvgIpc) is 3.09. The van der Waals surface area contributed by atoms with Crippen molar-refractivity contribution in [1.29, 1.82) is 0 Å². The van der Waals surface area contributed by atoms with Crippen LogP contribution in [0.15, 0.2) is 58.4 Å². The predicted octanol–water partition coefficient (Wildman–Crippen LogP) is 2.18. The number of nitrogens with zero attached hydrogens (tertiary/aromatic N) is 2. The summed E-state index contributed by atoms with van der Waals surface area (Å²) in [5.74, 6) is -0.893. The van der Waals surface area contributed by atoms with Gasteiger partial charge >= 0.3 is 5.97 Å². The van der Waals surface area contributed by atoms with Gasteiger partial charge in [-0.2, -0.15) is 4.99 Å². The van der Waals surface area contributed by atoms with Gasteiger partial charge in [0.15, 0.2) is 14.6 Å². The van der Waals surface area contributed by atoms with Crippen LogP contribution in [-0.2, 0) is 30.7 Å². The summed E-state index contributed by atoms with van der Waals surface area (Å²) in [7, 11) is -0.873. The number of hydrogen-bond donors (Lipinski definition) is 0. The third-order valence-electron chi connectivity index (χ3n) is 4.33. The first-order chi connectivity index (χ1) is 14.3. The molecule has 0 N–H and O–H groups in total. The maximum absolute atomic E-state index is 12.5. The predicted molar refractivity (Wildman–Crippen MR) is 112 cm³/mol. The van der Waals surface area contributed by atoms with Crippen LogP contribution in [-0.4, -0.2) is 44.8 Å². The van der Waals surface area contributed by atoms with E-state index in [-0.39, 0.29) is 23.6 Å². The van der Waals surface area contributed by atoms with Crippen LogP contribution in [0, 0.1) is 0 Å². The highest BCUT2D eigenvalue weighted by molar-refractivity contribution is 7.91. The number of esters is 1. The lowest BCUT2D eigenvalue weighted by molar-refractivity contribution is -0.141. The van der Waals surface area contributed by atoms with Gasteiger partial charge in [-0.1, -0.05) is 23.5 Å². The summed E-state index contributed by atoms with van der Waals surface area (Å²) >= 11 is 1.24. The van der Waals surface area contributed by atoms with Crippen molar-refractivity contribution in [2.45, 2.75) is 17.9 Å². The number of rotatable bonds is 7. The Kier molecular flexibility index (Phi) is 6.68. The van der Waals surface area contributed by atoms with Crippen LogP contribution < -0.4 is 9.54 Å². The van der Waals surface area contributed by atoms with Crippen molar-refractivity contribution in [3.05, 3.63) is 53.3 Å². The van der Waals surface area contributed by atoms with Crippen molar-refractivity contribution in [2.75, 3.05) is 20.0 Å². The lowest BCUT2D eigenvalue weighted by Crippen LogP contribution is -2.22. The molecular formula is C20H20N2O6S2. The largest absolute Gasteiger partial charge is 0.497 e. The molecule has 0 saturated heterocycles. The minimum absolute atomic E-state index is 0.100. The van der Waals surface area contributed by atoms with Gasteiger partial charge in [0.05, 0.1) is 35.1 Å². The molecule has 0 unspecified atom stereocenters. The highest BCUT2D eigenvalue weighted by atomic mass is 32.2. The van der Waals surface area contributed by atoms with E-state index >= 15 is 0 Å². The number of carbonyl (C=O) groups excluding carboxylic acids is 2. The van der Waals surface area contributed by atoms with Crippen molar-refractivity contribution in [3.63, 3.8) is 0 Å². The first-order valence-corrected chi connectivity index (χ1v) is 11.4. The highest BCUT2D eigenvalue weighted by Crippen LogP contribution is 2.18. The molecule has 1 amide bonds. The Bertz CT molecular complexity index is 1240. The maximum Gasteiger partial charge on any atom is 0.325 e. The van der Waals surface area contributed by atoms with E-state index in [0.717, 1.165) is 10.2 Å². The maximum atomic E-state index is 12.5. The van der Waals surface area contributed by atoms with Gasteiger partial charge in [-0.15, -0.1) is 0 Å². The minimum Gasteiger partial charge on any atom is -0.497 e. The number of sulfone groups is 1. The number of fused-ring (bicyclic) bond motifs is 1. The fraction of sp³-hybridized carbons (Fsp3) is 0.250. The molecule has 8 nitrogen and oxygen atoms in total. The van der Waals surface area contributed by atoms with Gasteiger partial charge < -0.3 is 14.0 Å². The molecule has 0 aliphatic carbocycles. The molecule has 3 rings (SSSR count). The fourth-order valence-corrected chi connectivity index (χ4v) is 5.01. The van der Waals surface area contributed by atoms with Gasteiger partial charge in [-0.25, -0.2) is 8.42 Å². The Morgan fingerprint density at radius 1 is 1.07 bits per heavy atom. The second-order valence-corrected chi connectivity index (χ2v) is 9.38. The minimum atomic E-state index is -3.64. The number of hydrogen-bond acceptors (Lipinski definition) is 7. The van der Waals surface area contributed by atoms with Gasteiger partial charge in [0.2, 0.25) is 5.91 Å². The molecule has 158 valence electrons. The number of para-hydroxylation sites is 1. The Morgan fingerprint density at radius 2 is 1.77 bits per heavy atom. The molecule has 30 heavy (non-hydrogen) atoms. The summed E-state index contributed by atoms with van der Waals surface area (Å²) in [6, 6.07) is 13.3. The van der Waals surface area contributed by atoms with Crippen LogP contribution in [0.1, 0.15) is 6.42 Å². The summed E-state index contributed by atoms with van der Waals surface area (Å²) < 4.78 is 37.1. The number of benzene rings is 2. The molecule has 10 heteroatoms. The number of methoxy groups -OCH3 is 2. The Labute approximate surface area is 177 Å². The first kappa shape index (κ1) is 21.7. The molecule has 0 fully saturated rings. The van der Waals surface area contributed by atoms with Crippen LogP contribution in [0.4, 0.5) is 0 Å². The third-order valence-corrected chi connectivity index (χ3v) is 7.12. The van der Waals surface area contributed by atoms with E-state index in [9.17, 15) is 18.0 Å². The van der Waals surface area contributed by atoms with Crippen molar-refractivity contribution in [1.82, 2.24) is 4.57 Å².